The molecule has 0 saturated carbocycles. The highest BCUT2D eigenvalue weighted by Crippen LogP contribution is 2.32. The number of benzene rings is 1. The Morgan fingerprint density at radius 1 is 1.21 bits per heavy atom. The molecule has 1 fully saturated rings. The maximum absolute atomic E-state index is 13.1. The number of piperazine rings is 1. The number of hydrogen-bond donors (Lipinski definition) is 1. The van der Waals surface area contributed by atoms with E-state index in [2.05, 4.69) is 11.8 Å². The minimum Gasteiger partial charge on any atom is -0.399 e. The standard InChI is InChI=1S/C14H21F2N3/c1-2-5-18-6-8-19(9-7-18)13-4-3-11(17)10-12(13)14(15)16/h3-4,10,14H,2,5-9,17H2,1H3. The van der Waals surface area contributed by atoms with Crippen LogP contribution in [-0.2, 0) is 0 Å². The number of nitrogens with two attached hydrogens (primary N) is 1. The first-order chi connectivity index (χ1) is 9.11. The van der Waals surface area contributed by atoms with E-state index in [-0.39, 0.29) is 5.56 Å². The third-order valence-corrected chi connectivity index (χ3v) is 3.54. The van der Waals surface area contributed by atoms with Crippen molar-refractivity contribution >= 4 is 11.4 Å². The zero-order chi connectivity index (χ0) is 13.8. The summed E-state index contributed by atoms with van der Waals surface area (Å²) in [6, 6.07) is 4.80. The van der Waals surface area contributed by atoms with Crippen molar-refractivity contribution in [2.24, 2.45) is 0 Å². The molecule has 0 unspecified atom stereocenters. The van der Waals surface area contributed by atoms with Gasteiger partial charge in [-0.25, -0.2) is 8.78 Å². The molecule has 0 radical (unpaired) electrons. The fourth-order valence-electron chi connectivity index (χ4n) is 2.56. The van der Waals surface area contributed by atoms with E-state index in [0.29, 0.717) is 11.4 Å². The lowest BCUT2D eigenvalue weighted by molar-refractivity contribution is 0.151. The Hall–Kier alpha value is -1.36. The minimum atomic E-state index is -2.48. The lowest BCUT2D eigenvalue weighted by Gasteiger charge is -2.36. The Balaban J connectivity index is 2.11. The molecular formula is C14H21F2N3. The summed E-state index contributed by atoms with van der Waals surface area (Å²) in [5.41, 5.74) is 6.66. The lowest BCUT2D eigenvalue weighted by atomic mass is 10.1. The van der Waals surface area contributed by atoms with Crippen LogP contribution in [0.25, 0.3) is 0 Å². The van der Waals surface area contributed by atoms with Gasteiger partial charge in [0.1, 0.15) is 0 Å². The number of nitrogen functional groups attached to an aromatic ring is 1. The molecule has 19 heavy (non-hydrogen) atoms. The average molecular weight is 269 g/mol. The van der Waals surface area contributed by atoms with Gasteiger partial charge in [0.05, 0.1) is 0 Å². The predicted octanol–water partition coefficient (Wildman–Crippen LogP) is 2.74. The maximum Gasteiger partial charge on any atom is 0.265 e. The van der Waals surface area contributed by atoms with Gasteiger partial charge in [0.2, 0.25) is 0 Å². The van der Waals surface area contributed by atoms with Crippen LogP contribution >= 0.6 is 0 Å². The summed E-state index contributed by atoms with van der Waals surface area (Å²) < 4.78 is 26.1. The molecule has 0 amide bonds. The Labute approximate surface area is 113 Å². The normalized spacial score (nSPS) is 17.2. The van der Waals surface area contributed by atoms with Crippen molar-refractivity contribution in [2.45, 2.75) is 19.8 Å². The second kappa shape index (κ2) is 6.19. The van der Waals surface area contributed by atoms with Crippen molar-refractivity contribution in [2.75, 3.05) is 43.4 Å². The van der Waals surface area contributed by atoms with E-state index < -0.39 is 6.43 Å². The monoisotopic (exact) mass is 269 g/mol. The van der Waals surface area contributed by atoms with E-state index in [1.165, 1.54) is 6.07 Å². The van der Waals surface area contributed by atoms with Crippen LogP contribution in [0.1, 0.15) is 25.3 Å². The van der Waals surface area contributed by atoms with E-state index in [4.69, 9.17) is 5.73 Å². The van der Waals surface area contributed by atoms with Gasteiger partial charge in [-0.2, -0.15) is 0 Å². The molecule has 1 aromatic carbocycles. The molecular weight excluding hydrogens is 248 g/mol. The molecule has 106 valence electrons. The Kier molecular flexibility index (Phi) is 4.58. The SMILES string of the molecule is CCCN1CCN(c2ccc(N)cc2C(F)F)CC1. The first-order valence-electron chi connectivity index (χ1n) is 6.76. The molecule has 1 aliphatic heterocycles. The van der Waals surface area contributed by atoms with Crippen LogP contribution in [0.4, 0.5) is 20.2 Å². The largest absolute Gasteiger partial charge is 0.399 e. The van der Waals surface area contributed by atoms with Crippen molar-refractivity contribution in [1.29, 1.82) is 0 Å². The van der Waals surface area contributed by atoms with Crippen molar-refractivity contribution in [1.82, 2.24) is 4.90 Å². The lowest BCUT2D eigenvalue weighted by Crippen LogP contribution is -2.46. The zero-order valence-corrected chi connectivity index (χ0v) is 11.3. The fourth-order valence-corrected chi connectivity index (χ4v) is 2.56. The number of rotatable bonds is 4. The Bertz CT molecular complexity index is 415. The molecule has 5 heteroatoms. The summed E-state index contributed by atoms with van der Waals surface area (Å²) in [5, 5.41) is 0. The molecule has 1 heterocycles. The highest BCUT2D eigenvalue weighted by atomic mass is 19.3. The van der Waals surface area contributed by atoms with E-state index in [1.54, 1.807) is 12.1 Å². The molecule has 0 aromatic heterocycles. The number of nitrogens with zero attached hydrogens (tertiary/aromatic N) is 2. The van der Waals surface area contributed by atoms with Crippen LogP contribution in [0.15, 0.2) is 18.2 Å². The predicted molar refractivity (Wildman–Crippen MR) is 74.8 cm³/mol. The van der Waals surface area contributed by atoms with Crippen molar-refractivity contribution in [3.8, 4) is 0 Å². The van der Waals surface area contributed by atoms with E-state index in [1.807, 2.05) is 4.90 Å². The van der Waals surface area contributed by atoms with Crippen LogP contribution in [0.2, 0.25) is 0 Å². The molecule has 1 aromatic rings. The molecule has 0 aliphatic carbocycles. The van der Waals surface area contributed by atoms with Gasteiger partial charge >= 0.3 is 0 Å². The molecule has 2 N–H and O–H groups in total. The van der Waals surface area contributed by atoms with Gasteiger partial charge in [-0.15, -0.1) is 0 Å². The summed E-state index contributed by atoms with van der Waals surface area (Å²) >= 11 is 0. The smallest absolute Gasteiger partial charge is 0.265 e. The van der Waals surface area contributed by atoms with Gasteiger partial charge < -0.3 is 10.6 Å². The average Bonchev–Trinajstić information content (AvgIpc) is 2.40. The van der Waals surface area contributed by atoms with E-state index in [9.17, 15) is 8.78 Å². The molecule has 2 rings (SSSR count). The van der Waals surface area contributed by atoms with Crippen LogP contribution in [-0.4, -0.2) is 37.6 Å². The van der Waals surface area contributed by atoms with E-state index >= 15 is 0 Å². The van der Waals surface area contributed by atoms with E-state index in [0.717, 1.165) is 39.1 Å². The maximum atomic E-state index is 13.1. The number of halogens is 2. The summed E-state index contributed by atoms with van der Waals surface area (Å²) in [4.78, 5) is 4.41. The van der Waals surface area contributed by atoms with Gasteiger partial charge in [-0.1, -0.05) is 6.92 Å². The van der Waals surface area contributed by atoms with Gasteiger partial charge in [0.25, 0.3) is 6.43 Å². The van der Waals surface area contributed by atoms with Gasteiger partial charge in [-0.05, 0) is 31.2 Å². The zero-order valence-electron chi connectivity index (χ0n) is 11.3. The second-order valence-corrected chi connectivity index (χ2v) is 4.95. The number of anilines is 2. The fraction of sp³-hybridized carbons (Fsp3) is 0.571. The third-order valence-electron chi connectivity index (χ3n) is 3.54. The van der Waals surface area contributed by atoms with Crippen LogP contribution in [0.5, 0.6) is 0 Å². The van der Waals surface area contributed by atoms with Gasteiger partial charge in [-0.3, -0.25) is 4.90 Å². The topological polar surface area (TPSA) is 32.5 Å². The summed E-state index contributed by atoms with van der Waals surface area (Å²) in [6.07, 6.45) is -1.35. The van der Waals surface area contributed by atoms with Crippen LogP contribution in [0.3, 0.4) is 0 Å². The third kappa shape index (κ3) is 3.35. The summed E-state index contributed by atoms with van der Waals surface area (Å²) in [7, 11) is 0. The molecule has 0 atom stereocenters. The van der Waals surface area contributed by atoms with Gasteiger partial charge in [0.15, 0.2) is 0 Å². The number of alkyl halides is 2. The first kappa shape index (κ1) is 14.1. The van der Waals surface area contributed by atoms with Crippen molar-refractivity contribution in [3.05, 3.63) is 23.8 Å². The molecule has 3 nitrogen and oxygen atoms in total. The molecule has 0 bridgehead atoms. The second-order valence-electron chi connectivity index (χ2n) is 4.95. The van der Waals surface area contributed by atoms with Crippen molar-refractivity contribution in [3.63, 3.8) is 0 Å². The molecule has 0 spiro atoms. The van der Waals surface area contributed by atoms with Gasteiger partial charge in [0, 0.05) is 43.1 Å². The Morgan fingerprint density at radius 2 is 1.89 bits per heavy atom. The molecule has 1 saturated heterocycles. The van der Waals surface area contributed by atoms with Crippen LogP contribution < -0.4 is 10.6 Å². The summed E-state index contributed by atoms with van der Waals surface area (Å²) in [6.45, 7) is 6.69. The highest BCUT2D eigenvalue weighted by molar-refractivity contribution is 5.60. The summed E-state index contributed by atoms with van der Waals surface area (Å²) in [5.74, 6) is 0. The highest BCUT2D eigenvalue weighted by Gasteiger charge is 2.21. The van der Waals surface area contributed by atoms with Crippen LogP contribution in [0, 0.1) is 0 Å². The molecule has 1 aliphatic rings. The quantitative estimate of drug-likeness (QED) is 0.853. The number of hydrogen-bond acceptors (Lipinski definition) is 3. The van der Waals surface area contributed by atoms with Crippen molar-refractivity contribution < 1.29 is 8.78 Å². The first-order valence-corrected chi connectivity index (χ1v) is 6.76. The Morgan fingerprint density at radius 3 is 2.47 bits per heavy atom. The minimum absolute atomic E-state index is 0.0453.